The van der Waals surface area contributed by atoms with Crippen LogP contribution in [0.2, 0.25) is 0 Å². The van der Waals surface area contributed by atoms with E-state index in [0.717, 1.165) is 13.2 Å². The summed E-state index contributed by atoms with van der Waals surface area (Å²) < 4.78 is 11.4. The van der Waals surface area contributed by atoms with Gasteiger partial charge in [-0.05, 0) is 26.2 Å². The maximum Gasteiger partial charge on any atom is 0.0813 e. The fraction of sp³-hybridized carbons (Fsp3) is 1.00. The zero-order valence-electron chi connectivity index (χ0n) is 13.9. The van der Waals surface area contributed by atoms with Gasteiger partial charge in [-0.1, -0.05) is 64.7 Å². The van der Waals surface area contributed by atoms with Crippen molar-refractivity contribution in [2.45, 2.75) is 103 Å². The van der Waals surface area contributed by atoms with Crippen LogP contribution in [0.25, 0.3) is 0 Å². The van der Waals surface area contributed by atoms with Gasteiger partial charge in [-0.2, -0.15) is 0 Å². The van der Waals surface area contributed by atoms with E-state index in [1.165, 1.54) is 77.0 Å². The fourth-order valence-corrected chi connectivity index (χ4v) is 2.91. The van der Waals surface area contributed by atoms with Crippen molar-refractivity contribution in [1.29, 1.82) is 0 Å². The van der Waals surface area contributed by atoms with Crippen molar-refractivity contribution >= 4 is 0 Å². The molecule has 0 amide bonds. The predicted molar refractivity (Wildman–Crippen MR) is 86.2 cm³/mol. The molecule has 1 rings (SSSR count). The molecule has 0 aliphatic carbocycles. The van der Waals surface area contributed by atoms with Gasteiger partial charge < -0.3 is 9.47 Å². The summed E-state index contributed by atoms with van der Waals surface area (Å²) in [5, 5.41) is 0. The van der Waals surface area contributed by atoms with Crippen LogP contribution >= 0.6 is 0 Å². The van der Waals surface area contributed by atoms with Crippen LogP contribution in [-0.4, -0.2) is 25.4 Å². The smallest absolute Gasteiger partial charge is 0.0813 e. The first-order chi connectivity index (χ1) is 9.83. The van der Waals surface area contributed by atoms with E-state index in [0.29, 0.717) is 12.2 Å². The number of hydrogen-bond donors (Lipinski definition) is 0. The molecule has 1 heterocycles. The molecule has 0 spiro atoms. The van der Waals surface area contributed by atoms with Crippen molar-refractivity contribution in [2.24, 2.45) is 0 Å². The monoisotopic (exact) mass is 284 g/mol. The highest BCUT2D eigenvalue weighted by atomic mass is 16.5. The first-order valence-corrected chi connectivity index (χ1v) is 9.06. The SMILES string of the molecule is CCCCCCCCCCCCOCC1CCC(C)O1. The molecule has 0 saturated carbocycles. The van der Waals surface area contributed by atoms with Gasteiger partial charge in [0.15, 0.2) is 0 Å². The molecule has 1 aliphatic rings. The predicted octanol–water partition coefficient (Wildman–Crippen LogP) is 5.49. The molecule has 1 saturated heterocycles. The van der Waals surface area contributed by atoms with Gasteiger partial charge in [0.1, 0.15) is 0 Å². The van der Waals surface area contributed by atoms with Gasteiger partial charge in [-0.3, -0.25) is 0 Å². The average molecular weight is 284 g/mol. The highest BCUT2D eigenvalue weighted by molar-refractivity contribution is 4.69. The number of rotatable bonds is 13. The highest BCUT2D eigenvalue weighted by Crippen LogP contribution is 2.19. The van der Waals surface area contributed by atoms with E-state index in [-0.39, 0.29) is 0 Å². The average Bonchev–Trinajstić information content (AvgIpc) is 2.86. The zero-order valence-corrected chi connectivity index (χ0v) is 13.9. The van der Waals surface area contributed by atoms with Crippen molar-refractivity contribution in [3.63, 3.8) is 0 Å². The summed E-state index contributed by atoms with van der Waals surface area (Å²) in [5.74, 6) is 0. The quantitative estimate of drug-likeness (QED) is 0.416. The summed E-state index contributed by atoms with van der Waals surface area (Å²) in [6, 6.07) is 0. The van der Waals surface area contributed by atoms with E-state index in [9.17, 15) is 0 Å². The Balaban J connectivity index is 1.70. The standard InChI is InChI=1S/C18H36O2/c1-3-4-5-6-7-8-9-10-11-12-15-19-16-18-14-13-17(2)20-18/h17-18H,3-16H2,1-2H3. The van der Waals surface area contributed by atoms with E-state index in [4.69, 9.17) is 9.47 Å². The second kappa shape index (κ2) is 12.6. The third kappa shape index (κ3) is 9.77. The van der Waals surface area contributed by atoms with E-state index < -0.39 is 0 Å². The van der Waals surface area contributed by atoms with E-state index in [1.54, 1.807) is 0 Å². The maximum absolute atomic E-state index is 5.74. The Labute approximate surface area is 126 Å². The molecule has 0 aromatic heterocycles. The van der Waals surface area contributed by atoms with Crippen LogP contribution in [-0.2, 0) is 9.47 Å². The van der Waals surface area contributed by atoms with Crippen molar-refractivity contribution in [3.05, 3.63) is 0 Å². The van der Waals surface area contributed by atoms with Gasteiger partial charge in [0.25, 0.3) is 0 Å². The topological polar surface area (TPSA) is 18.5 Å². The van der Waals surface area contributed by atoms with Crippen LogP contribution in [0.15, 0.2) is 0 Å². The summed E-state index contributed by atoms with van der Waals surface area (Å²) in [4.78, 5) is 0. The molecule has 2 atom stereocenters. The minimum Gasteiger partial charge on any atom is -0.379 e. The Morgan fingerprint density at radius 1 is 0.850 bits per heavy atom. The lowest BCUT2D eigenvalue weighted by atomic mass is 10.1. The van der Waals surface area contributed by atoms with E-state index in [1.807, 2.05) is 0 Å². The molecular weight excluding hydrogens is 248 g/mol. The molecule has 0 aromatic rings. The Morgan fingerprint density at radius 3 is 2.00 bits per heavy atom. The van der Waals surface area contributed by atoms with Crippen LogP contribution < -0.4 is 0 Å². The van der Waals surface area contributed by atoms with Gasteiger partial charge in [0.2, 0.25) is 0 Å². The third-order valence-corrected chi connectivity index (χ3v) is 4.27. The van der Waals surface area contributed by atoms with Crippen molar-refractivity contribution in [2.75, 3.05) is 13.2 Å². The number of hydrogen-bond acceptors (Lipinski definition) is 2. The highest BCUT2D eigenvalue weighted by Gasteiger charge is 2.21. The molecule has 2 unspecified atom stereocenters. The summed E-state index contributed by atoms with van der Waals surface area (Å²) in [6.07, 6.45) is 17.1. The lowest BCUT2D eigenvalue weighted by molar-refractivity contribution is -0.00989. The Hall–Kier alpha value is -0.0800. The minimum absolute atomic E-state index is 0.369. The Kier molecular flexibility index (Phi) is 11.4. The Bertz CT molecular complexity index is 206. The second-order valence-corrected chi connectivity index (χ2v) is 6.40. The van der Waals surface area contributed by atoms with Crippen molar-refractivity contribution in [1.82, 2.24) is 0 Å². The Morgan fingerprint density at radius 2 is 1.45 bits per heavy atom. The van der Waals surface area contributed by atoms with Crippen LogP contribution in [0.3, 0.4) is 0 Å². The van der Waals surface area contributed by atoms with Crippen LogP contribution in [0.1, 0.15) is 90.9 Å². The second-order valence-electron chi connectivity index (χ2n) is 6.40. The van der Waals surface area contributed by atoms with E-state index >= 15 is 0 Å². The van der Waals surface area contributed by atoms with Crippen LogP contribution in [0, 0.1) is 0 Å². The molecule has 0 bridgehead atoms. The summed E-state index contributed by atoms with van der Waals surface area (Å²) in [6.45, 7) is 6.16. The summed E-state index contributed by atoms with van der Waals surface area (Å²) in [7, 11) is 0. The van der Waals surface area contributed by atoms with Gasteiger partial charge in [0.05, 0.1) is 18.8 Å². The molecule has 0 radical (unpaired) electrons. The molecule has 2 nitrogen and oxygen atoms in total. The van der Waals surface area contributed by atoms with E-state index in [2.05, 4.69) is 13.8 Å². The van der Waals surface area contributed by atoms with Gasteiger partial charge >= 0.3 is 0 Å². The minimum atomic E-state index is 0.369. The van der Waals surface area contributed by atoms with Crippen molar-refractivity contribution < 1.29 is 9.47 Å². The molecule has 2 heteroatoms. The largest absolute Gasteiger partial charge is 0.379 e. The van der Waals surface area contributed by atoms with Crippen molar-refractivity contribution in [3.8, 4) is 0 Å². The lowest BCUT2D eigenvalue weighted by Gasteiger charge is -2.11. The molecule has 1 aliphatic heterocycles. The van der Waals surface area contributed by atoms with Gasteiger partial charge in [-0.15, -0.1) is 0 Å². The maximum atomic E-state index is 5.74. The molecule has 120 valence electrons. The molecule has 1 fully saturated rings. The number of unbranched alkanes of at least 4 members (excludes halogenated alkanes) is 9. The molecular formula is C18H36O2. The lowest BCUT2D eigenvalue weighted by Crippen LogP contribution is -2.16. The number of ether oxygens (including phenoxy) is 2. The fourth-order valence-electron chi connectivity index (χ4n) is 2.91. The normalized spacial score (nSPS) is 22.5. The first kappa shape index (κ1) is 18.0. The molecule has 0 aromatic carbocycles. The molecule has 0 N–H and O–H groups in total. The zero-order chi connectivity index (χ0) is 14.5. The van der Waals surface area contributed by atoms with Crippen LogP contribution in [0.4, 0.5) is 0 Å². The van der Waals surface area contributed by atoms with Crippen LogP contribution in [0.5, 0.6) is 0 Å². The third-order valence-electron chi connectivity index (χ3n) is 4.27. The van der Waals surface area contributed by atoms with Gasteiger partial charge in [0, 0.05) is 6.61 Å². The summed E-state index contributed by atoms with van der Waals surface area (Å²) >= 11 is 0. The van der Waals surface area contributed by atoms with Gasteiger partial charge in [-0.25, -0.2) is 0 Å². The first-order valence-electron chi connectivity index (χ1n) is 9.06. The summed E-state index contributed by atoms with van der Waals surface area (Å²) in [5.41, 5.74) is 0. The molecule has 20 heavy (non-hydrogen) atoms.